The van der Waals surface area contributed by atoms with Crippen molar-refractivity contribution >= 4 is 12.4 Å². The largest absolute Gasteiger partial charge is 0.481 e. The maximum atomic E-state index is 12.5. The van der Waals surface area contributed by atoms with E-state index in [-0.39, 0.29) is 18.0 Å². The predicted molar refractivity (Wildman–Crippen MR) is 91.5 cm³/mol. The first-order valence-corrected chi connectivity index (χ1v) is 7.71. The molecule has 4 heterocycles. The van der Waals surface area contributed by atoms with Crippen LogP contribution in [0, 0.1) is 5.92 Å². The van der Waals surface area contributed by atoms with Crippen molar-refractivity contribution < 1.29 is 4.74 Å². The molecule has 4 rings (SSSR count). The summed E-state index contributed by atoms with van der Waals surface area (Å²) in [6.45, 7) is 2.79. The van der Waals surface area contributed by atoms with E-state index in [2.05, 4.69) is 16.4 Å². The molecule has 0 aromatic carbocycles. The van der Waals surface area contributed by atoms with Gasteiger partial charge in [0.1, 0.15) is 0 Å². The molecule has 0 amide bonds. The van der Waals surface area contributed by atoms with Crippen LogP contribution in [-0.4, -0.2) is 29.8 Å². The van der Waals surface area contributed by atoms with Gasteiger partial charge in [-0.1, -0.05) is 6.07 Å². The molecule has 122 valence electrons. The fraction of sp³-hybridized carbons (Fsp3) is 0.412. The summed E-state index contributed by atoms with van der Waals surface area (Å²) in [6, 6.07) is 9.44. The quantitative estimate of drug-likeness (QED) is 0.914. The number of halogens is 1. The fourth-order valence-electron chi connectivity index (χ4n) is 3.64. The van der Waals surface area contributed by atoms with E-state index in [1.165, 1.54) is 6.42 Å². The zero-order chi connectivity index (χ0) is 15.1. The van der Waals surface area contributed by atoms with E-state index < -0.39 is 0 Å². The highest BCUT2D eigenvalue weighted by atomic mass is 35.5. The number of nitrogens with zero attached hydrogens (tertiary/aromatic N) is 2. The van der Waals surface area contributed by atoms with Crippen molar-refractivity contribution in [1.82, 2.24) is 14.9 Å². The Morgan fingerprint density at radius 3 is 3.00 bits per heavy atom. The van der Waals surface area contributed by atoms with Crippen LogP contribution < -0.4 is 15.6 Å². The van der Waals surface area contributed by atoms with E-state index in [0.29, 0.717) is 17.7 Å². The summed E-state index contributed by atoms with van der Waals surface area (Å²) in [5.41, 5.74) is 2.87. The van der Waals surface area contributed by atoms with Crippen molar-refractivity contribution in [2.45, 2.75) is 18.9 Å². The van der Waals surface area contributed by atoms with Crippen LogP contribution in [0.25, 0.3) is 11.3 Å². The SMILES string of the molecule is COc1cccc(-c2cc3n(c(=O)c2)C[C@@H]2CNC[C@H]3C2)n1.Cl. The fourth-order valence-corrected chi connectivity index (χ4v) is 3.64. The summed E-state index contributed by atoms with van der Waals surface area (Å²) in [4.78, 5) is 17.0. The maximum Gasteiger partial charge on any atom is 0.251 e. The minimum atomic E-state index is 0. The highest BCUT2D eigenvalue weighted by Gasteiger charge is 2.31. The van der Waals surface area contributed by atoms with Gasteiger partial charge in [0.25, 0.3) is 5.56 Å². The Bertz CT molecular complexity index is 775. The van der Waals surface area contributed by atoms with Gasteiger partial charge in [-0.2, -0.15) is 0 Å². The molecule has 2 aromatic rings. The lowest BCUT2D eigenvalue weighted by Crippen LogP contribution is -2.44. The number of hydrogen-bond donors (Lipinski definition) is 1. The molecular formula is C17H20ClN3O2. The molecular weight excluding hydrogens is 314 g/mol. The predicted octanol–water partition coefficient (Wildman–Crippen LogP) is 2.05. The zero-order valence-corrected chi connectivity index (χ0v) is 13.8. The van der Waals surface area contributed by atoms with Crippen LogP contribution >= 0.6 is 12.4 Å². The molecule has 5 nitrogen and oxygen atoms in total. The first-order chi connectivity index (χ1) is 10.7. The Kier molecular flexibility index (Phi) is 4.41. The van der Waals surface area contributed by atoms with Gasteiger partial charge in [0.05, 0.1) is 12.8 Å². The van der Waals surface area contributed by atoms with Crippen molar-refractivity contribution in [2.24, 2.45) is 5.92 Å². The van der Waals surface area contributed by atoms with Gasteiger partial charge in [-0.15, -0.1) is 12.4 Å². The van der Waals surface area contributed by atoms with Gasteiger partial charge in [0.15, 0.2) is 0 Å². The minimum absolute atomic E-state index is 0. The van der Waals surface area contributed by atoms with Crippen molar-refractivity contribution in [2.75, 3.05) is 20.2 Å². The number of aromatic nitrogens is 2. The number of hydrogen-bond acceptors (Lipinski definition) is 4. The molecule has 2 aliphatic heterocycles. The normalized spacial score (nSPS) is 22.0. The molecule has 2 aromatic heterocycles. The number of piperidine rings is 1. The summed E-state index contributed by atoms with van der Waals surface area (Å²) in [5, 5.41) is 3.47. The topological polar surface area (TPSA) is 56.1 Å². The zero-order valence-electron chi connectivity index (χ0n) is 13.0. The number of nitrogens with one attached hydrogen (secondary N) is 1. The van der Waals surface area contributed by atoms with E-state index in [1.807, 2.05) is 22.8 Å². The van der Waals surface area contributed by atoms with Crippen LogP contribution in [0.2, 0.25) is 0 Å². The van der Waals surface area contributed by atoms with E-state index in [9.17, 15) is 4.79 Å². The van der Waals surface area contributed by atoms with Crippen molar-refractivity contribution in [3.63, 3.8) is 0 Å². The van der Waals surface area contributed by atoms with Crippen LogP contribution in [0.1, 0.15) is 18.0 Å². The number of pyridine rings is 2. The van der Waals surface area contributed by atoms with Crippen LogP contribution in [-0.2, 0) is 6.54 Å². The van der Waals surface area contributed by atoms with Gasteiger partial charge in [0.2, 0.25) is 5.88 Å². The molecule has 1 saturated heterocycles. The molecule has 2 atom stereocenters. The third-order valence-corrected chi connectivity index (χ3v) is 4.69. The minimum Gasteiger partial charge on any atom is -0.481 e. The summed E-state index contributed by atoms with van der Waals surface area (Å²) in [5.74, 6) is 1.56. The van der Waals surface area contributed by atoms with E-state index in [0.717, 1.165) is 36.6 Å². The summed E-state index contributed by atoms with van der Waals surface area (Å²) in [6.07, 6.45) is 1.17. The average Bonchev–Trinajstić information content (AvgIpc) is 2.56. The Morgan fingerprint density at radius 1 is 1.30 bits per heavy atom. The van der Waals surface area contributed by atoms with Gasteiger partial charge in [-0.05, 0) is 31.0 Å². The molecule has 6 heteroatoms. The Balaban J connectivity index is 0.00000156. The molecule has 0 unspecified atom stereocenters. The number of rotatable bonds is 2. The van der Waals surface area contributed by atoms with Gasteiger partial charge >= 0.3 is 0 Å². The second kappa shape index (κ2) is 6.34. The maximum absolute atomic E-state index is 12.5. The lowest BCUT2D eigenvalue weighted by atomic mass is 9.83. The summed E-state index contributed by atoms with van der Waals surface area (Å²) in [7, 11) is 1.60. The molecule has 1 fully saturated rings. The smallest absolute Gasteiger partial charge is 0.251 e. The van der Waals surface area contributed by atoms with Gasteiger partial charge in [-0.3, -0.25) is 4.79 Å². The average molecular weight is 334 g/mol. The van der Waals surface area contributed by atoms with E-state index in [4.69, 9.17) is 4.74 Å². The van der Waals surface area contributed by atoms with Gasteiger partial charge in [-0.25, -0.2) is 4.98 Å². The van der Waals surface area contributed by atoms with Crippen molar-refractivity contribution in [3.8, 4) is 17.1 Å². The second-order valence-electron chi connectivity index (χ2n) is 6.14. The van der Waals surface area contributed by atoms with Gasteiger partial charge < -0.3 is 14.6 Å². The third kappa shape index (κ3) is 2.86. The molecule has 2 bridgehead atoms. The Labute approximate surface area is 141 Å². The number of fused-ring (bicyclic) bond motifs is 4. The molecule has 0 spiro atoms. The van der Waals surface area contributed by atoms with E-state index in [1.54, 1.807) is 13.2 Å². The second-order valence-corrected chi connectivity index (χ2v) is 6.14. The summed E-state index contributed by atoms with van der Waals surface area (Å²) >= 11 is 0. The Morgan fingerprint density at radius 2 is 2.17 bits per heavy atom. The van der Waals surface area contributed by atoms with E-state index >= 15 is 0 Å². The molecule has 0 aliphatic carbocycles. The standard InChI is InChI=1S/C17H19N3O2.ClH/c1-22-16-4-2-3-14(19-16)12-6-15-13-5-11(8-18-9-13)10-20(15)17(21)7-12;/h2-4,6-7,11,13,18H,5,8-10H2,1H3;1H/t11-,13+;/m0./s1. The lowest BCUT2D eigenvalue weighted by Gasteiger charge is -2.37. The molecule has 23 heavy (non-hydrogen) atoms. The number of ether oxygens (including phenoxy) is 1. The summed E-state index contributed by atoms with van der Waals surface area (Å²) < 4.78 is 7.13. The highest BCUT2D eigenvalue weighted by molar-refractivity contribution is 5.85. The van der Waals surface area contributed by atoms with Crippen LogP contribution in [0.4, 0.5) is 0 Å². The molecule has 0 radical (unpaired) electrons. The third-order valence-electron chi connectivity index (χ3n) is 4.69. The van der Waals surface area contributed by atoms with Crippen LogP contribution in [0.5, 0.6) is 5.88 Å². The van der Waals surface area contributed by atoms with Crippen LogP contribution in [0.15, 0.2) is 35.1 Å². The van der Waals surface area contributed by atoms with Crippen LogP contribution in [0.3, 0.4) is 0 Å². The lowest BCUT2D eigenvalue weighted by molar-refractivity contribution is 0.257. The number of methoxy groups -OCH3 is 1. The van der Waals surface area contributed by atoms with Gasteiger partial charge in [0, 0.05) is 42.4 Å². The Hall–Kier alpha value is -1.85. The monoisotopic (exact) mass is 333 g/mol. The molecule has 2 aliphatic rings. The van der Waals surface area contributed by atoms with Crippen molar-refractivity contribution in [3.05, 3.63) is 46.4 Å². The van der Waals surface area contributed by atoms with Crippen molar-refractivity contribution in [1.29, 1.82) is 0 Å². The first-order valence-electron chi connectivity index (χ1n) is 7.71. The highest BCUT2D eigenvalue weighted by Crippen LogP contribution is 2.33. The first kappa shape index (κ1) is 16.0. The molecule has 1 N–H and O–H groups in total. The molecule has 0 saturated carbocycles.